The largest absolute Gasteiger partial charge is 1.00 e. The van der Waals surface area contributed by atoms with E-state index < -0.39 is 0 Å². The summed E-state index contributed by atoms with van der Waals surface area (Å²) in [5, 5.41) is 0. The maximum absolute atomic E-state index is 2.62. The molecule has 0 aromatic heterocycles. The van der Waals surface area contributed by atoms with Crippen molar-refractivity contribution in [3.63, 3.8) is 0 Å². The van der Waals surface area contributed by atoms with Crippen LogP contribution in [0.25, 0.3) is 0 Å². The number of hydrogen-bond donors (Lipinski definition) is 0. The van der Waals surface area contributed by atoms with E-state index in [0.717, 1.165) is 0 Å². The molecule has 2 nitrogen and oxygen atoms in total. The van der Waals surface area contributed by atoms with Gasteiger partial charge in [-0.3, -0.25) is 0 Å². The summed E-state index contributed by atoms with van der Waals surface area (Å²) in [4.78, 5) is 2.62. The molecular weight excluding hydrogens is 323 g/mol. The monoisotopic (exact) mass is 346 g/mol. The molecule has 0 saturated carbocycles. The average molecular weight is 346 g/mol. The standard InChI is InChI=1S/C14H23N2.HI/c1-2-9-15(8-1)13-6-5-7-14(12-13)16-10-3-4-11-16;/h12H,1-11H2;1H/q+1;/p-1. The lowest BCUT2D eigenvalue weighted by atomic mass is 10.0. The van der Waals surface area contributed by atoms with E-state index in [1.54, 1.807) is 11.4 Å². The van der Waals surface area contributed by atoms with E-state index in [1.165, 1.54) is 71.1 Å². The molecule has 2 saturated heterocycles. The summed E-state index contributed by atoms with van der Waals surface area (Å²) in [6.45, 7) is 5.22. The third-order valence-corrected chi connectivity index (χ3v) is 4.22. The average Bonchev–Trinajstić information content (AvgIpc) is 3.03. The molecule has 2 heterocycles. The van der Waals surface area contributed by atoms with Crippen LogP contribution in [-0.2, 0) is 0 Å². The maximum atomic E-state index is 2.62. The van der Waals surface area contributed by atoms with Crippen molar-refractivity contribution in [2.45, 2.75) is 44.9 Å². The van der Waals surface area contributed by atoms with Crippen molar-refractivity contribution in [3.8, 4) is 0 Å². The third-order valence-electron chi connectivity index (χ3n) is 4.22. The van der Waals surface area contributed by atoms with Gasteiger partial charge >= 0.3 is 0 Å². The summed E-state index contributed by atoms with van der Waals surface area (Å²) in [7, 11) is 0. The fourth-order valence-electron chi connectivity index (χ4n) is 3.29. The molecule has 0 aromatic carbocycles. The lowest BCUT2D eigenvalue weighted by Crippen LogP contribution is -3.00. The second-order valence-corrected chi connectivity index (χ2v) is 5.37. The summed E-state index contributed by atoms with van der Waals surface area (Å²) < 4.78 is 2.62. The number of likely N-dealkylation sites (tertiary alicyclic amines) is 1. The Labute approximate surface area is 122 Å². The van der Waals surface area contributed by atoms with Gasteiger partial charge in [-0.1, -0.05) is 0 Å². The molecule has 3 rings (SSSR count). The van der Waals surface area contributed by atoms with Gasteiger partial charge in [-0.25, -0.2) is 4.58 Å². The second kappa shape index (κ2) is 6.21. The van der Waals surface area contributed by atoms with Crippen LogP contribution in [0.2, 0.25) is 0 Å². The fraction of sp³-hybridized carbons (Fsp3) is 0.786. The first-order valence-electron chi connectivity index (χ1n) is 7.00. The SMILES string of the molecule is C1=C(N2CCCC2)CCCC1=[N+]1CCCC1.[I-]. The van der Waals surface area contributed by atoms with Crippen molar-refractivity contribution in [2.24, 2.45) is 0 Å². The fourth-order valence-corrected chi connectivity index (χ4v) is 3.29. The van der Waals surface area contributed by atoms with Crippen LogP contribution in [-0.4, -0.2) is 41.4 Å². The van der Waals surface area contributed by atoms with Crippen LogP contribution >= 0.6 is 0 Å². The van der Waals surface area contributed by atoms with E-state index in [2.05, 4.69) is 15.6 Å². The number of nitrogens with zero attached hydrogens (tertiary/aromatic N) is 2. The van der Waals surface area contributed by atoms with Gasteiger partial charge in [0, 0.05) is 44.1 Å². The van der Waals surface area contributed by atoms with Gasteiger partial charge in [0.05, 0.1) is 0 Å². The topological polar surface area (TPSA) is 6.25 Å². The molecule has 0 spiro atoms. The molecule has 0 unspecified atom stereocenters. The highest BCUT2D eigenvalue weighted by atomic mass is 127. The van der Waals surface area contributed by atoms with E-state index in [9.17, 15) is 0 Å². The van der Waals surface area contributed by atoms with Gasteiger partial charge in [-0.05, 0) is 25.7 Å². The minimum Gasteiger partial charge on any atom is -1.00 e. The molecule has 0 bridgehead atoms. The Kier molecular flexibility index (Phi) is 4.88. The summed E-state index contributed by atoms with van der Waals surface area (Å²) in [5.41, 5.74) is 3.26. The van der Waals surface area contributed by atoms with Crippen LogP contribution in [0.15, 0.2) is 11.8 Å². The molecule has 2 fully saturated rings. The number of allylic oxidation sites excluding steroid dienone is 2. The molecule has 3 aliphatic rings. The smallest absolute Gasteiger partial charge is 0.177 e. The van der Waals surface area contributed by atoms with Gasteiger partial charge in [-0.2, -0.15) is 0 Å². The van der Waals surface area contributed by atoms with Gasteiger partial charge in [-0.15, -0.1) is 0 Å². The Balaban J connectivity index is 0.00000108. The first-order chi connectivity index (χ1) is 7.93. The second-order valence-electron chi connectivity index (χ2n) is 5.37. The summed E-state index contributed by atoms with van der Waals surface area (Å²) in [6, 6.07) is 0. The summed E-state index contributed by atoms with van der Waals surface area (Å²) in [6.07, 6.45) is 12.1. The van der Waals surface area contributed by atoms with E-state index in [4.69, 9.17) is 0 Å². The van der Waals surface area contributed by atoms with Crippen LogP contribution in [0.3, 0.4) is 0 Å². The maximum Gasteiger partial charge on any atom is 0.177 e. The van der Waals surface area contributed by atoms with E-state index >= 15 is 0 Å². The predicted octanol–water partition coefficient (Wildman–Crippen LogP) is -0.599. The molecule has 3 heteroatoms. The van der Waals surface area contributed by atoms with Crippen molar-refractivity contribution in [3.05, 3.63) is 11.8 Å². The molecule has 0 N–H and O–H groups in total. The molecule has 2 aliphatic heterocycles. The van der Waals surface area contributed by atoms with Crippen LogP contribution in [0.1, 0.15) is 44.9 Å². The van der Waals surface area contributed by atoms with E-state index in [0.29, 0.717) is 0 Å². The molecule has 0 radical (unpaired) electrons. The lowest BCUT2D eigenvalue weighted by molar-refractivity contribution is -0.506. The minimum absolute atomic E-state index is 0. The lowest BCUT2D eigenvalue weighted by Gasteiger charge is -2.24. The summed E-state index contributed by atoms with van der Waals surface area (Å²) >= 11 is 0. The quantitative estimate of drug-likeness (QED) is 0.454. The van der Waals surface area contributed by atoms with Crippen molar-refractivity contribution < 1.29 is 28.6 Å². The van der Waals surface area contributed by atoms with E-state index in [1.807, 2.05) is 0 Å². The van der Waals surface area contributed by atoms with Gasteiger partial charge < -0.3 is 28.9 Å². The number of hydrogen-bond acceptors (Lipinski definition) is 1. The zero-order valence-electron chi connectivity index (χ0n) is 10.6. The zero-order valence-corrected chi connectivity index (χ0v) is 12.8. The van der Waals surface area contributed by atoms with Crippen LogP contribution < -0.4 is 24.0 Å². The predicted molar refractivity (Wildman–Crippen MR) is 67.0 cm³/mol. The highest BCUT2D eigenvalue weighted by molar-refractivity contribution is 5.92. The molecular formula is C14H23IN2. The van der Waals surface area contributed by atoms with Crippen molar-refractivity contribution in [2.75, 3.05) is 26.2 Å². The first kappa shape index (κ1) is 13.4. The van der Waals surface area contributed by atoms with Gasteiger partial charge in [0.1, 0.15) is 13.1 Å². The van der Waals surface area contributed by atoms with Crippen molar-refractivity contribution in [1.82, 2.24) is 4.90 Å². The first-order valence-corrected chi connectivity index (χ1v) is 7.00. The normalized spacial score (nSPS) is 24.9. The molecule has 1 aliphatic carbocycles. The van der Waals surface area contributed by atoms with Crippen LogP contribution in [0.4, 0.5) is 0 Å². The van der Waals surface area contributed by atoms with Gasteiger partial charge in [0.2, 0.25) is 0 Å². The molecule has 0 aromatic rings. The third kappa shape index (κ3) is 3.04. The van der Waals surface area contributed by atoms with Crippen molar-refractivity contribution >= 4 is 5.71 Å². The Morgan fingerprint density at radius 3 is 2.29 bits per heavy atom. The highest BCUT2D eigenvalue weighted by Crippen LogP contribution is 2.24. The highest BCUT2D eigenvalue weighted by Gasteiger charge is 2.24. The molecule has 0 amide bonds. The van der Waals surface area contributed by atoms with Crippen LogP contribution in [0.5, 0.6) is 0 Å². The Morgan fingerprint density at radius 2 is 1.59 bits per heavy atom. The molecule has 96 valence electrons. The number of rotatable bonds is 1. The Hall–Kier alpha value is -0.0600. The Morgan fingerprint density at radius 1 is 0.882 bits per heavy atom. The molecule has 17 heavy (non-hydrogen) atoms. The molecule has 0 atom stereocenters. The van der Waals surface area contributed by atoms with Gasteiger partial charge in [0.25, 0.3) is 0 Å². The van der Waals surface area contributed by atoms with E-state index in [-0.39, 0.29) is 24.0 Å². The number of halogens is 1. The Bertz CT molecular complexity index is 319. The van der Waals surface area contributed by atoms with Crippen molar-refractivity contribution in [1.29, 1.82) is 0 Å². The zero-order chi connectivity index (χ0) is 10.8. The summed E-state index contributed by atoms with van der Waals surface area (Å²) in [5.74, 6) is 0. The minimum atomic E-state index is 0. The van der Waals surface area contributed by atoms with Crippen LogP contribution in [0, 0.1) is 0 Å². The van der Waals surface area contributed by atoms with Gasteiger partial charge in [0.15, 0.2) is 5.71 Å².